The van der Waals surface area contributed by atoms with Crippen LogP contribution in [-0.4, -0.2) is 23.9 Å². The Morgan fingerprint density at radius 1 is 1.57 bits per heavy atom. The predicted octanol–water partition coefficient (Wildman–Crippen LogP) is 1.63. The van der Waals surface area contributed by atoms with Crippen LogP contribution in [0.15, 0.2) is 24.6 Å². The number of nitrogens with zero attached hydrogens (tertiary/aromatic N) is 1. The van der Waals surface area contributed by atoms with Gasteiger partial charge in [0.25, 0.3) is 0 Å². The Morgan fingerprint density at radius 2 is 2.21 bits per heavy atom. The molecule has 0 spiro atoms. The van der Waals surface area contributed by atoms with Gasteiger partial charge in [0.15, 0.2) is 0 Å². The van der Waals surface area contributed by atoms with Crippen molar-refractivity contribution in [1.29, 1.82) is 0 Å². The molecule has 1 amide bonds. The first-order valence-corrected chi connectivity index (χ1v) is 5.00. The molecule has 0 saturated heterocycles. The topological polar surface area (TPSA) is 32.3 Å². The van der Waals surface area contributed by atoms with Gasteiger partial charge in [-0.15, -0.1) is 0 Å². The first-order valence-electron chi connectivity index (χ1n) is 5.00. The van der Waals surface area contributed by atoms with Gasteiger partial charge in [0.1, 0.15) is 0 Å². The summed E-state index contributed by atoms with van der Waals surface area (Å²) in [7, 11) is 1.83. The number of nitrogens with one attached hydrogen (secondary N) is 1. The molecule has 14 heavy (non-hydrogen) atoms. The maximum atomic E-state index is 11.4. The number of hydrogen-bond donors (Lipinski definition) is 1. The second-order valence-corrected chi connectivity index (χ2v) is 3.55. The lowest BCUT2D eigenvalue weighted by molar-refractivity contribution is -0.129. The second-order valence-electron chi connectivity index (χ2n) is 3.55. The van der Waals surface area contributed by atoms with Gasteiger partial charge in [-0.05, 0) is 25.3 Å². The summed E-state index contributed by atoms with van der Waals surface area (Å²) in [6.07, 6.45) is 7.02. The first-order chi connectivity index (χ1) is 6.69. The average Bonchev–Trinajstić information content (AvgIpc) is 2.08. The Kier molecular flexibility index (Phi) is 3.74. The molecule has 1 aliphatic rings. The van der Waals surface area contributed by atoms with E-state index in [1.54, 1.807) is 17.9 Å². The van der Waals surface area contributed by atoms with Crippen molar-refractivity contribution < 1.29 is 4.79 Å². The third-order valence-electron chi connectivity index (χ3n) is 2.62. The lowest BCUT2D eigenvalue weighted by atomic mass is 9.91. The molecule has 1 saturated carbocycles. The van der Waals surface area contributed by atoms with Gasteiger partial charge in [0.2, 0.25) is 5.91 Å². The molecule has 0 aliphatic heterocycles. The van der Waals surface area contributed by atoms with Crippen molar-refractivity contribution in [2.45, 2.75) is 32.2 Å². The Hall–Kier alpha value is -1.25. The molecule has 1 rings (SSSR count). The maximum Gasteiger partial charge on any atom is 0.223 e. The van der Waals surface area contributed by atoms with E-state index in [1.165, 1.54) is 6.42 Å². The molecule has 0 aromatic heterocycles. The number of carbonyl (C=O) groups is 1. The minimum absolute atomic E-state index is 0.101. The van der Waals surface area contributed by atoms with Crippen molar-refractivity contribution in [1.82, 2.24) is 10.2 Å². The first kappa shape index (κ1) is 10.8. The highest BCUT2D eigenvalue weighted by atomic mass is 16.2. The van der Waals surface area contributed by atoms with Gasteiger partial charge in [-0.2, -0.15) is 0 Å². The molecular formula is C11H18N2O. The van der Waals surface area contributed by atoms with Gasteiger partial charge in [0, 0.05) is 31.9 Å². The number of allylic oxidation sites excluding steroid dienone is 1. The standard InChI is InChI=1S/C11H18N2O/c1-4-10(12-3)8-13(9(2)14)11-6-5-7-11/h4,8,11-12H,1,5-7H2,2-3H3/b10-8+. The van der Waals surface area contributed by atoms with Gasteiger partial charge in [-0.25, -0.2) is 0 Å². The summed E-state index contributed by atoms with van der Waals surface area (Å²) < 4.78 is 0. The van der Waals surface area contributed by atoms with Crippen molar-refractivity contribution in [3.63, 3.8) is 0 Å². The fraction of sp³-hybridized carbons (Fsp3) is 0.545. The zero-order chi connectivity index (χ0) is 10.6. The minimum atomic E-state index is 0.101. The van der Waals surface area contributed by atoms with E-state index in [9.17, 15) is 4.79 Å². The fourth-order valence-corrected chi connectivity index (χ4v) is 1.49. The van der Waals surface area contributed by atoms with Crippen LogP contribution in [0.1, 0.15) is 26.2 Å². The molecule has 0 heterocycles. The molecule has 1 fully saturated rings. The zero-order valence-corrected chi connectivity index (χ0v) is 8.92. The molecule has 0 unspecified atom stereocenters. The van der Waals surface area contributed by atoms with E-state index >= 15 is 0 Å². The Balaban J connectivity index is 2.71. The van der Waals surface area contributed by atoms with E-state index in [-0.39, 0.29) is 5.91 Å². The second kappa shape index (κ2) is 4.84. The summed E-state index contributed by atoms with van der Waals surface area (Å²) in [5.74, 6) is 0.101. The number of carbonyl (C=O) groups excluding carboxylic acids is 1. The average molecular weight is 194 g/mol. The van der Waals surface area contributed by atoms with Crippen LogP contribution in [0.5, 0.6) is 0 Å². The summed E-state index contributed by atoms with van der Waals surface area (Å²) in [6.45, 7) is 5.28. The summed E-state index contributed by atoms with van der Waals surface area (Å²) in [6, 6.07) is 0.399. The van der Waals surface area contributed by atoms with Crippen LogP contribution in [0.3, 0.4) is 0 Å². The number of hydrogen-bond acceptors (Lipinski definition) is 2. The van der Waals surface area contributed by atoms with E-state index in [0.29, 0.717) is 6.04 Å². The zero-order valence-electron chi connectivity index (χ0n) is 8.92. The van der Waals surface area contributed by atoms with Crippen LogP contribution < -0.4 is 5.32 Å². The SMILES string of the molecule is C=C/C(=C\N(C(C)=O)C1CCC1)NC. The van der Waals surface area contributed by atoms with E-state index in [1.807, 2.05) is 13.2 Å². The monoisotopic (exact) mass is 194 g/mol. The highest BCUT2D eigenvalue weighted by molar-refractivity contribution is 5.75. The molecule has 1 N–H and O–H groups in total. The fourth-order valence-electron chi connectivity index (χ4n) is 1.49. The smallest absolute Gasteiger partial charge is 0.223 e. The summed E-state index contributed by atoms with van der Waals surface area (Å²) >= 11 is 0. The molecular weight excluding hydrogens is 176 g/mol. The van der Waals surface area contributed by atoms with Gasteiger partial charge in [-0.1, -0.05) is 6.58 Å². The predicted molar refractivity (Wildman–Crippen MR) is 57.5 cm³/mol. The van der Waals surface area contributed by atoms with E-state index in [2.05, 4.69) is 11.9 Å². The van der Waals surface area contributed by atoms with Crippen LogP contribution in [0.2, 0.25) is 0 Å². The summed E-state index contributed by atoms with van der Waals surface area (Å²) in [4.78, 5) is 13.2. The van der Waals surface area contributed by atoms with Crippen LogP contribution in [-0.2, 0) is 4.79 Å². The Bertz CT molecular complexity index is 254. The lowest BCUT2D eigenvalue weighted by Gasteiger charge is -2.35. The molecule has 1 aliphatic carbocycles. The molecule has 0 aromatic carbocycles. The van der Waals surface area contributed by atoms with Crippen molar-refractivity contribution >= 4 is 5.91 Å². The van der Waals surface area contributed by atoms with Crippen molar-refractivity contribution in [2.24, 2.45) is 0 Å². The van der Waals surface area contributed by atoms with Crippen molar-refractivity contribution in [3.8, 4) is 0 Å². The highest BCUT2D eigenvalue weighted by Gasteiger charge is 2.25. The summed E-state index contributed by atoms with van der Waals surface area (Å²) in [5.41, 5.74) is 0.882. The molecule has 0 bridgehead atoms. The third kappa shape index (κ3) is 2.37. The third-order valence-corrected chi connectivity index (χ3v) is 2.62. The number of rotatable bonds is 4. The van der Waals surface area contributed by atoms with Crippen molar-refractivity contribution in [3.05, 3.63) is 24.6 Å². The van der Waals surface area contributed by atoms with E-state index in [0.717, 1.165) is 18.5 Å². The number of amides is 1. The van der Waals surface area contributed by atoms with E-state index < -0.39 is 0 Å². The van der Waals surface area contributed by atoms with Crippen molar-refractivity contribution in [2.75, 3.05) is 7.05 Å². The van der Waals surface area contributed by atoms with Crippen LogP contribution >= 0.6 is 0 Å². The largest absolute Gasteiger partial charge is 0.387 e. The lowest BCUT2D eigenvalue weighted by Crippen LogP contribution is -2.40. The van der Waals surface area contributed by atoms with Gasteiger partial charge < -0.3 is 10.2 Å². The van der Waals surface area contributed by atoms with Crippen LogP contribution in [0.25, 0.3) is 0 Å². The molecule has 0 radical (unpaired) electrons. The van der Waals surface area contributed by atoms with Gasteiger partial charge in [-0.3, -0.25) is 4.79 Å². The van der Waals surface area contributed by atoms with Crippen LogP contribution in [0.4, 0.5) is 0 Å². The molecule has 0 aromatic rings. The molecule has 78 valence electrons. The summed E-state index contributed by atoms with van der Waals surface area (Å²) in [5, 5.41) is 2.99. The van der Waals surface area contributed by atoms with Gasteiger partial charge in [0.05, 0.1) is 0 Å². The van der Waals surface area contributed by atoms with E-state index in [4.69, 9.17) is 0 Å². The number of likely N-dealkylation sites (N-methyl/N-ethyl adjacent to an activating group) is 1. The van der Waals surface area contributed by atoms with Crippen LogP contribution in [0, 0.1) is 0 Å². The normalized spacial score (nSPS) is 17.1. The molecule has 0 atom stereocenters. The minimum Gasteiger partial charge on any atom is -0.387 e. The molecule has 3 heteroatoms. The Morgan fingerprint density at radius 3 is 2.50 bits per heavy atom. The van der Waals surface area contributed by atoms with Gasteiger partial charge >= 0.3 is 0 Å². The maximum absolute atomic E-state index is 11.4. The Labute approximate surface area is 85.5 Å². The molecule has 3 nitrogen and oxygen atoms in total. The highest BCUT2D eigenvalue weighted by Crippen LogP contribution is 2.25. The quantitative estimate of drug-likeness (QED) is 0.690.